The number of carbonyl (C=O) groups is 1. The van der Waals surface area contributed by atoms with Crippen molar-refractivity contribution in [2.75, 3.05) is 26.3 Å². The monoisotopic (exact) mass is 417 g/mol. The molecule has 1 unspecified atom stereocenters. The van der Waals surface area contributed by atoms with Gasteiger partial charge in [-0.25, -0.2) is 0 Å². The number of benzene rings is 1. The van der Waals surface area contributed by atoms with Gasteiger partial charge >= 0.3 is 0 Å². The Labute approximate surface area is 175 Å². The minimum Gasteiger partial charge on any atom is -0.379 e. The molecule has 1 amide bonds. The van der Waals surface area contributed by atoms with Crippen molar-refractivity contribution in [2.24, 2.45) is 5.92 Å². The molecule has 0 spiro atoms. The molecule has 2 aliphatic rings. The molecule has 1 fully saturated rings. The molecule has 2 aliphatic heterocycles. The van der Waals surface area contributed by atoms with E-state index in [9.17, 15) is 4.79 Å². The van der Waals surface area contributed by atoms with Crippen LogP contribution in [-0.2, 0) is 29.2 Å². The molecule has 1 saturated heterocycles. The first-order valence-electron chi connectivity index (χ1n) is 9.63. The highest BCUT2D eigenvalue weighted by Gasteiger charge is 2.32. The van der Waals surface area contributed by atoms with Gasteiger partial charge in [0.05, 0.1) is 19.3 Å². The number of carbonyl (C=O) groups excluding carboxylic acids is 1. The van der Waals surface area contributed by atoms with Crippen LogP contribution in [0.2, 0.25) is 0 Å². The van der Waals surface area contributed by atoms with E-state index in [4.69, 9.17) is 4.74 Å². The largest absolute Gasteiger partial charge is 0.379 e. The van der Waals surface area contributed by atoms with Crippen LogP contribution in [0.1, 0.15) is 43.4 Å². The first-order chi connectivity index (χ1) is 12.2. The van der Waals surface area contributed by atoms with Crippen molar-refractivity contribution < 1.29 is 9.53 Å². The lowest BCUT2D eigenvalue weighted by molar-refractivity contribution is -0.131. The predicted molar refractivity (Wildman–Crippen MR) is 114 cm³/mol. The molecule has 1 aromatic rings. The fourth-order valence-corrected chi connectivity index (χ4v) is 4.02. The molecule has 2 heterocycles. The maximum atomic E-state index is 13.0. The standard InChI is InChI=1S/C20H31N3O2.2ClH/c1-3-16(4-2)19(23-7-9-25-10-8-23)20(24)22-12-15-5-6-17-13-21-14-18(17)11-15;;/h5-6,11,16,19,21H,3-4,7-10,12-14H2,1-2H3,(H,22,24);2*1H. The highest BCUT2D eigenvalue weighted by Crippen LogP contribution is 2.21. The normalized spacial score (nSPS) is 17.6. The second-order valence-corrected chi connectivity index (χ2v) is 7.09. The third-order valence-electron chi connectivity index (χ3n) is 5.57. The van der Waals surface area contributed by atoms with Crippen LogP contribution in [0.15, 0.2) is 18.2 Å². The third-order valence-corrected chi connectivity index (χ3v) is 5.57. The van der Waals surface area contributed by atoms with Gasteiger partial charge in [-0.05, 0) is 22.6 Å². The zero-order valence-electron chi connectivity index (χ0n) is 16.3. The van der Waals surface area contributed by atoms with E-state index >= 15 is 0 Å². The van der Waals surface area contributed by atoms with Crippen molar-refractivity contribution in [1.82, 2.24) is 15.5 Å². The van der Waals surface area contributed by atoms with Crippen LogP contribution in [0.25, 0.3) is 0 Å². The first-order valence-corrected chi connectivity index (χ1v) is 9.63. The summed E-state index contributed by atoms with van der Waals surface area (Å²) in [6.45, 7) is 10.00. The van der Waals surface area contributed by atoms with E-state index in [0.717, 1.165) is 52.2 Å². The van der Waals surface area contributed by atoms with Crippen LogP contribution >= 0.6 is 24.8 Å². The Morgan fingerprint density at radius 1 is 1.15 bits per heavy atom. The molecule has 0 aliphatic carbocycles. The fourth-order valence-electron chi connectivity index (χ4n) is 4.02. The molecule has 154 valence electrons. The molecular weight excluding hydrogens is 385 g/mol. The molecular formula is C20H33Cl2N3O2. The third kappa shape index (κ3) is 6.06. The van der Waals surface area contributed by atoms with Crippen LogP contribution in [-0.4, -0.2) is 43.2 Å². The Hall–Kier alpha value is -0.850. The van der Waals surface area contributed by atoms with Gasteiger partial charge in [-0.3, -0.25) is 9.69 Å². The van der Waals surface area contributed by atoms with Crippen molar-refractivity contribution >= 4 is 30.7 Å². The number of hydrogen-bond donors (Lipinski definition) is 2. The lowest BCUT2D eigenvalue weighted by Crippen LogP contribution is -2.54. The zero-order valence-corrected chi connectivity index (χ0v) is 18.0. The predicted octanol–water partition coefficient (Wildman–Crippen LogP) is 2.89. The lowest BCUT2D eigenvalue weighted by Gasteiger charge is -2.37. The van der Waals surface area contributed by atoms with Crippen molar-refractivity contribution in [2.45, 2.75) is 52.4 Å². The van der Waals surface area contributed by atoms with E-state index in [0.29, 0.717) is 12.5 Å². The zero-order chi connectivity index (χ0) is 17.6. The van der Waals surface area contributed by atoms with Crippen molar-refractivity contribution in [1.29, 1.82) is 0 Å². The minimum absolute atomic E-state index is 0. The average Bonchev–Trinajstić information content (AvgIpc) is 3.12. The van der Waals surface area contributed by atoms with E-state index in [1.165, 1.54) is 16.7 Å². The highest BCUT2D eigenvalue weighted by molar-refractivity contribution is 5.85. The van der Waals surface area contributed by atoms with Gasteiger partial charge in [-0.15, -0.1) is 24.8 Å². The molecule has 2 N–H and O–H groups in total. The van der Waals surface area contributed by atoms with Crippen LogP contribution in [0.4, 0.5) is 0 Å². The molecule has 1 atom stereocenters. The summed E-state index contributed by atoms with van der Waals surface area (Å²) in [5.41, 5.74) is 3.91. The highest BCUT2D eigenvalue weighted by atomic mass is 35.5. The molecule has 0 aromatic heterocycles. The topological polar surface area (TPSA) is 53.6 Å². The van der Waals surface area contributed by atoms with Crippen LogP contribution < -0.4 is 10.6 Å². The molecule has 0 bridgehead atoms. The number of hydrogen-bond acceptors (Lipinski definition) is 4. The Kier molecular flexibility index (Phi) is 10.6. The number of ether oxygens (including phenoxy) is 1. The SMILES string of the molecule is CCC(CC)C(C(=O)NCc1ccc2c(c1)CNC2)N1CCOCC1.Cl.Cl. The number of morpholine rings is 1. The van der Waals surface area contributed by atoms with Gasteiger partial charge in [-0.1, -0.05) is 44.9 Å². The number of fused-ring (bicyclic) bond motifs is 1. The number of amides is 1. The van der Waals surface area contributed by atoms with Crippen molar-refractivity contribution in [3.05, 3.63) is 34.9 Å². The summed E-state index contributed by atoms with van der Waals surface area (Å²) in [6.07, 6.45) is 2.05. The van der Waals surface area contributed by atoms with E-state index in [1.54, 1.807) is 0 Å². The van der Waals surface area contributed by atoms with Crippen LogP contribution in [0.5, 0.6) is 0 Å². The van der Waals surface area contributed by atoms with Gasteiger partial charge < -0.3 is 15.4 Å². The maximum absolute atomic E-state index is 13.0. The summed E-state index contributed by atoms with van der Waals surface area (Å²) >= 11 is 0. The smallest absolute Gasteiger partial charge is 0.237 e. The Bertz CT molecular complexity index is 591. The van der Waals surface area contributed by atoms with Gasteiger partial charge in [0.15, 0.2) is 0 Å². The summed E-state index contributed by atoms with van der Waals surface area (Å²) in [4.78, 5) is 15.3. The van der Waals surface area contributed by atoms with Crippen molar-refractivity contribution in [3.63, 3.8) is 0 Å². The van der Waals surface area contributed by atoms with Gasteiger partial charge in [0.25, 0.3) is 0 Å². The second kappa shape index (κ2) is 11.9. The summed E-state index contributed by atoms with van der Waals surface area (Å²) in [5, 5.41) is 6.56. The fraction of sp³-hybridized carbons (Fsp3) is 0.650. The Morgan fingerprint density at radius 2 is 1.81 bits per heavy atom. The first kappa shape index (κ1) is 24.2. The number of halogens is 2. The van der Waals surface area contributed by atoms with E-state index in [2.05, 4.69) is 47.6 Å². The van der Waals surface area contributed by atoms with Gasteiger partial charge in [0.2, 0.25) is 5.91 Å². The maximum Gasteiger partial charge on any atom is 0.237 e. The van der Waals surface area contributed by atoms with E-state index < -0.39 is 0 Å². The molecule has 0 radical (unpaired) electrons. The molecule has 7 heteroatoms. The summed E-state index contributed by atoms with van der Waals surface area (Å²) in [6, 6.07) is 6.48. The molecule has 5 nitrogen and oxygen atoms in total. The summed E-state index contributed by atoms with van der Waals surface area (Å²) in [5.74, 6) is 0.552. The summed E-state index contributed by atoms with van der Waals surface area (Å²) in [7, 11) is 0. The van der Waals surface area contributed by atoms with Gasteiger partial charge in [0.1, 0.15) is 0 Å². The molecule has 0 saturated carbocycles. The Morgan fingerprint density at radius 3 is 2.48 bits per heavy atom. The molecule has 3 rings (SSSR count). The van der Waals surface area contributed by atoms with E-state index in [-0.39, 0.29) is 36.8 Å². The lowest BCUT2D eigenvalue weighted by atomic mass is 9.91. The Balaban J connectivity index is 0.00000182. The van der Waals surface area contributed by atoms with Gasteiger partial charge in [0, 0.05) is 32.7 Å². The quantitative estimate of drug-likeness (QED) is 0.715. The number of nitrogens with one attached hydrogen (secondary N) is 2. The molecule has 27 heavy (non-hydrogen) atoms. The summed E-state index contributed by atoms with van der Waals surface area (Å²) < 4.78 is 5.47. The number of rotatable bonds is 7. The van der Waals surface area contributed by atoms with E-state index in [1.807, 2.05) is 0 Å². The van der Waals surface area contributed by atoms with Crippen LogP contribution in [0, 0.1) is 5.92 Å². The average molecular weight is 418 g/mol. The van der Waals surface area contributed by atoms with Gasteiger partial charge in [-0.2, -0.15) is 0 Å². The second-order valence-electron chi connectivity index (χ2n) is 7.09. The van der Waals surface area contributed by atoms with Crippen LogP contribution in [0.3, 0.4) is 0 Å². The minimum atomic E-state index is -0.0463. The molecule has 1 aromatic carbocycles. The number of nitrogens with zero attached hydrogens (tertiary/aromatic N) is 1. The van der Waals surface area contributed by atoms with Crippen molar-refractivity contribution in [3.8, 4) is 0 Å².